The first-order valence-corrected chi connectivity index (χ1v) is 7.49. The molecule has 112 valence electrons. The summed E-state index contributed by atoms with van der Waals surface area (Å²) >= 11 is 0. The van der Waals surface area contributed by atoms with E-state index in [0.717, 1.165) is 18.8 Å². The summed E-state index contributed by atoms with van der Waals surface area (Å²) in [6.07, 6.45) is 0. The zero-order valence-electron chi connectivity index (χ0n) is 13.8. The quantitative estimate of drug-likeness (QED) is 0.766. The van der Waals surface area contributed by atoms with Crippen LogP contribution in [0.5, 0.6) is 0 Å². The highest BCUT2D eigenvalue weighted by Crippen LogP contribution is 2.20. The molecule has 0 aliphatic heterocycles. The second-order valence-electron chi connectivity index (χ2n) is 5.38. The monoisotopic (exact) mass is 282 g/mol. The van der Waals surface area contributed by atoms with Crippen LogP contribution in [0.3, 0.4) is 0 Å². The Morgan fingerprint density at radius 1 is 0.952 bits per heavy atom. The minimum atomic E-state index is 0.353. The standard InChI is InChI=1S/C19H26N2/c1-6-8-15(3)13-20-18-11-10-17(5)19(12-18)21-14-16(4)9-7-2/h10-12,15-16,20-21H,13-14H2,1-5H3. The molecule has 0 saturated carbocycles. The first-order chi connectivity index (χ1) is 10.1. The fourth-order valence-corrected chi connectivity index (χ4v) is 2.05. The lowest BCUT2D eigenvalue weighted by Gasteiger charge is -2.14. The minimum Gasteiger partial charge on any atom is -0.384 e. The molecule has 0 aromatic heterocycles. The Labute approximate surface area is 129 Å². The van der Waals surface area contributed by atoms with Crippen LogP contribution in [0.25, 0.3) is 0 Å². The van der Waals surface area contributed by atoms with E-state index in [1.807, 2.05) is 13.8 Å². The van der Waals surface area contributed by atoms with E-state index in [1.165, 1.54) is 11.3 Å². The van der Waals surface area contributed by atoms with Crippen LogP contribution in [0.4, 0.5) is 11.4 Å². The van der Waals surface area contributed by atoms with E-state index in [-0.39, 0.29) is 0 Å². The predicted molar refractivity (Wildman–Crippen MR) is 93.4 cm³/mol. The fraction of sp³-hybridized carbons (Fsp3) is 0.474. The van der Waals surface area contributed by atoms with Crippen molar-refractivity contribution in [3.63, 3.8) is 0 Å². The number of aryl methyl sites for hydroxylation is 1. The maximum absolute atomic E-state index is 3.48. The number of benzene rings is 1. The Balaban J connectivity index is 2.65. The molecule has 21 heavy (non-hydrogen) atoms. The summed E-state index contributed by atoms with van der Waals surface area (Å²) in [6.45, 7) is 11.9. The van der Waals surface area contributed by atoms with Gasteiger partial charge in [0.15, 0.2) is 0 Å². The van der Waals surface area contributed by atoms with Crippen molar-refractivity contribution in [3.8, 4) is 23.7 Å². The van der Waals surface area contributed by atoms with Crippen molar-refractivity contribution < 1.29 is 0 Å². The highest BCUT2D eigenvalue weighted by Gasteiger charge is 2.03. The van der Waals surface area contributed by atoms with Crippen LogP contribution in [0, 0.1) is 42.4 Å². The van der Waals surface area contributed by atoms with Crippen molar-refractivity contribution in [3.05, 3.63) is 23.8 Å². The molecule has 2 heteroatoms. The summed E-state index contributed by atoms with van der Waals surface area (Å²) < 4.78 is 0. The number of hydrogen-bond acceptors (Lipinski definition) is 2. The van der Waals surface area contributed by atoms with Crippen LogP contribution < -0.4 is 10.6 Å². The average molecular weight is 282 g/mol. The van der Waals surface area contributed by atoms with Crippen molar-refractivity contribution in [2.45, 2.75) is 34.6 Å². The van der Waals surface area contributed by atoms with E-state index >= 15 is 0 Å². The van der Waals surface area contributed by atoms with Crippen molar-refractivity contribution in [1.82, 2.24) is 0 Å². The maximum Gasteiger partial charge on any atom is 0.0391 e. The van der Waals surface area contributed by atoms with E-state index in [1.54, 1.807) is 0 Å². The topological polar surface area (TPSA) is 24.1 Å². The molecule has 1 rings (SSSR count). The number of hydrogen-bond donors (Lipinski definition) is 2. The van der Waals surface area contributed by atoms with Gasteiger partial charge in [0, 0.05) is 36.3 Å². The van der Waals surface area contributed by atoms with Crippen molar-refractivity contribution in [2.24, 2.45) is 11.8 Å². The maximum atomic E-state index is 3.48. The van der Waals surface area contributed by atoms with Gasteiger partial charge in [-0.2, -0.15) is 0 Å². The molecule has 2 N–H and O–H groups in total. The zero-order chi connectivity index (χ0) is 15.7. The number of anilines is 2. The van der Waals surface area contributed by atoms with Gasteiger partial charge in [-0.3, -0.25) is 0 Å². The molecule has 1 aromatic carbocycles. The highest BCUT2D eigenvalue weighted by atomic mass is 14.9. The summed E-state index contributed by atoms with van der Waals surface area (Å²) in [7, 11) is 0. The Bertz CT molecular complexity index is 567. The van der Waals surface area contributed by atoms with Gasteiger partial charge in [-0.05, 0) is 52.3 Å². The lowest BCUT2D eigenvalue weighted by molar-refractivity contribution is 0.796. The van der Waals surface area contributed by atoms with Gasteiger partial charge in [-0.25, -0.2) is 0 Å². The van der Waals surface area contributed by atoms with E-state index in [4.69, 9.17) is 0 Å². The van der Waals surface area contributed by atoms with Gasteiger partial charge in [0.1, 0.15) is 0 Å². The molecule has 0 aliphatic carbocycles. The summed E-state index contributed by atoms with van der Waals surface area (Å²) in [5, 5.41) is 6.92. The van der Waals surface area contributed by atoms with Crippen LogP contribution in [0.1, 0.15) is 33.3 Å². The molecule has 0 fully saturated rings. The first kappa shape index (κ1) is 17.0. The lowest BCUT2D eigenvalue weighted by Crippen LogP contribution is -2.12. The van der Waals surface area contributed by atoms with Crippen LogP contribution in [-0.2, 0) is 0 Å². The molecule has 2 nitrogen and oxygen atoms in total. The number of rotatable bonds is 6. The molecule has 0 saturated heterocycles. The van der Waals surface area contributed by atoms with E-state index in [2.05, 4.69) is 73.3 Å². The zero-order valence-corrected chi connectivity index (χ0v) is 13.8. The summed E-state index contributed by atoms with van der Waals surface area (Å²) in [5.74, 6) is 12.9. The van der Waals surface area contributed by atoms with Crippen molar-refractivity contribution in [2.75, 3.05) is 23.7 Å². The summed E-state index contributed by atoms with van der Waals surface area (Å²) in [6, 6.07) is 6.41. The van der Waals surface area contributed by atoms with Crippen LogP contribution >= 0.6 is 0 Å². The third-order valence-corrected chi connectivity index (χ3v) is 3.23. The first-order valence-electron chi connectivity index (χ1n) is 7.49. The van der Waals surface area contributed by atoms with Gasteiger partial charge in [0.2, 0.25) is 0 Å². The third-order valence-electron chi connectivity index (χ3n) is 3.23. The van der Waals surface area contributed by atoms with Crippen LogP contribution in [-0.4, -0.2) is 13.1 Å². The Kier molecular flexibility index (Phi) is 7.27. The van der Waals surface area contributed by atoms with Crippen molar-refractivity contribution in [1.29, 1.82) is 0 Å². The molecule has 2 unspecified atom stereocenters. The number of nitrogens with one attached hydrogen (secondary N) is 2. The van der Waals surface area contributed by atoms with Crippen molar-refractivity contribution >= 4 is 11.4 Å². The lowest BCUT2D eigenvalue weighted by atomic mass is 10.1. The van der Waals surface area contributed by atoms with Crippen LogP contribution in [0.2, 0.25) is 0 Å². The molecular formula is C19H26N2. The smallest absolute Gasteiger partial charge is 0.0391 e. The molecule has 0 radical (unpaired) electrons. The largest absolute Gasteiger partial charge is 0.384 e. The molecule has 2 atom stereocenters. The second kappa shape index (κ2) is 8.98. The fourth-order valence-electron chi connectivity index (χ4n) is 2.05. The molecule has 0 amide bonds. The highest BCUT2D eigenvalue weighted by molar-refractivity contribution is 5.61. The molecule has 0 spiro atoms. The average Bonchev–Trinajstić information content (AvgIpc) is 2.45. The normalized spacial score (nSPS) is 12.2. The van der Waals surface area contributed by atoms with E-state index in [9.17, 15) is 0 Å². The van der Waals surface area contributed by atoms with Gasteiger partial charge in [-0.1, -0.05) is 17.9 Å². The van der Waals surface area contributed by atoms with Gasteiger partial charge in [0.05, 0.1) is 0 Å². The molecular weight excluding hydrogens is 256 g/mol. The molecule has 0 aliphatic rings. The second-order valence-corrected chi connectivity index (χ2v) is 5.38. The van der Waals surface area contributed by atoms with E-state index in [0.29, 0.717) is 11.8 Å². The Hall–Kier alpha value is -2.06. The predicted octanol–water partition coefficient (Wildman–Crippen LogP) is 4.14. The van der Waals surface area contributed by atoms with Gasteiger partial charge in [-0.15, -0.1) is 11.8 Å². The van der Waals surface area contributed by atoms with Gasteiger partial charge >= 0.3 is 0 Å². The van der Waals surface area contributed by atoms with Crippen LogP contribution in [0.15, 0.2) is 18.2 Å². The van der Waals surface area contributed by atoms with E-state index < -0.39 is 0 Å². The van der Waals surface area contributed by atoms with Gasteiger partial charge in [0.25, 0.3) is 0 Å². The molecule has 1 aromatic rings. The Morgan fingerprint density at radius 2 is 1.52 bits per heavy atom. The Morgan fingerprint density at radius 3 is 2.10 bits per heavy atom. The summed E-state index contributed by atoms with van der Waals surface area (Å²) in [5.41, 5.74) is 3.54. The SMILES string of the molecule is CC#CC(C)CNc1ccc(C)c(NCC(C)C#CC)c1. The molecule has 0 bridgehead atoms. The summed E-state index contributed by atoms with van der Waals surface area (Å²) in [4.78, 5) is 0. The van der Waals surface area contributed by atoms with Gasteiger partial charge < -0.3 is 10.6 Å². The third kappa shape index (κ3) is 6.28. The minimum absolute atomic E-state index is 0.353. The molecule has 0 heterocycles.